The zero-order chi connectivity index (χ0) is 12.1. The number of rotatable bonds is 5. The molecule has 0 aliphatic rings. The van der Waals surface area contributed by atoms with Gasteiger partial charge < -0.3 is 10.5 Å². The van der Waals surface area contributed by atoms with E-state index in [1.807, 2.05) is 10.9 Å². The molecule has 0 saturated heterocycles. The van der Waals surface area contributed by atoms with Gasteiger partial charge in [-0.15, -0.1) is 0 Å². The summed E-state index contributed by atoms with van der Waals surface area (Å²) in [7, 11) is 0. The smallest absolute Gasteiger partial charge is 0.165 e. The van der Waals surface area contributed by atoms with E-state index >= 15 is 0 Å². The van der Waals surface area contributed by atoms with Crippen molar-refractivity contribution < 1.29 is 4.74 Å². The number of pyridine rings is 1. The second-order valence-electron chi connectivity index (χ2n) is 3.73. The number of aromatic nitrogens is 3. The maximum Gasteiger partial charge on any atom is 0.165 e. The van der Waals surface area contributed by atoms with Gasteiger partial charge in [-0.05, 0) is 12.5 Å². The van der Waals surface area contributed by atoms with E-state index in [-0.39, 0.29) is 0 Å². The Labute approximate surface area is 100 Å². The van der Waals surface area contributed by atoms with Crippen LogP contribution in [-0.2, 0) is 13.1 Å². The Morgan fingerprint density at radius 2 is 2.29 bits per heavy atom. The Hall–Kier alpha value is -1.88. The molecule has 2 aromatic heterocycles. The first-order valence-corrected chi connectivity index (χ1v) is 5.66. The number of nitrogens with two attached hydrogens (primary N) is 1. The first-order chi connectivity index (χ1) is 8.33. The molecule has 0 bridgehead atoms. The van der Waals surface area contributed by atoms with Crippen LogP contribution < -0.4 is 10.5 Å². The van der Waals surface area contributed by atoms with Gasteiger partial charge in [0.05, 0.1) is 12.4 Å². The molecule has 0 aliphatic carbocycles. The lowest BCUT2D eigenvalue weighted by molar-refractivity contribution is 0.473. The van der Waals surface area contributed by atoms with Gasteiger partial charge in [0.2, 0.25) is 0 Å². The zero-order valence-electron chi connectivity index (χ0n) is 9.84. The van der Waals surface area contributed by atoms with E-state index in [0.29, 0.717) is 6.54 Å². The summed E-state index contributed by atoms with van der Waals surface area (Å²) in [4.78, 5) is 4.01. The molecule has 0 fully saturated rings. The van der Waals surface area contributed by atoms with Gasteiger partial charge in [0, 0.05) is 31.0 Å². The summed E-state index contributed by atoms with van der Waals surface area (Å²) in [5.41, 5.74) is 6.50. The van der Waals surface area contributed by atoms with E-state index in [0.717, 1.165) is 30.0 Å². The first kappa shape index (κ1) is 11.6. The molecular formula is C12H16N4O. The predicted octanol–water partition coefficient (Wildman–Crippen LogP) is 1.94. The van der Waals surface area contributed by atoms with Crippen LogP contribution in [0.5, 0.6) is 11.5 Å². The van der Waals surface area contributed by atoms with Crippen molar-refractivity contribution in [2.75, 3.05) is 0 Å². The van der Waals surface area contributed by atoms with Crippen LogP contribution >= 0.6 is 0 Å². The number of hydrogen-bond donors (Lipinski definition) is 1. The molecule has 0 aliphatic heterocycles. The fourth-order valence-corrected chi connectivity index (χ4v) is 1.54. The highest BCUT2D eigenvalue weighted by Gasteiger charge is 2.05. The maximum absolute atomic E-state index is 5.72. The Balaban J connectivity index is 2.13. The Morgan fingerprint density at radius 3 is 3.06 bits per heavy atom. The Morgan fingerprint density at radius 1 is 1.41 bits per heavy atom. The van der Waals surface area contributed by atoms with E-state index < -0.39 is 0 Å². The van der Waals surface area contributed by atoms with Crippen LogP contribution in [0.15, 0.2) is 30.9 Å². The summed E-state index contributed by atoms with van der Waals surface area (Å²) in [6, 6.07) is 1.80. The third-order valence-corrected chi connectivity index (χ3v) is 2.37. The van der Waals surface area contributed by atoms with Crippen molar-refractivity contribution in [1.82, 2.24) is 14.8 Å². The Kier molecular flexibility index (Phi) is 3.72. The third kappa shape index (κ3) is 2.82. The molecule has 2 rings (SSSR count). The van der Waals surface area contributed by atoms with Crippen molar-refractivity contribution in [2.45, 2.75) is 26.4 Å². The average Bonchev–Trinajstić information content (AvgIpc) is 2.78. The quantitative estimate of drug-likeness (QED) is 0.855. The summed E-state index contributed by atoms with van der Waals surface area (Å²) >= 11 is 0. The summed E-state index contributed by atoms with van der Waals surface area (Å²) < 4.78 is 7.58. The second-order valence-corrected chi connectivity index (χ2v) is 3.73. The first-order valence-electron chi connectivity index (χ1n) is 5.66. The third-order valence-electron chi connectivity index (χ3n) is 2.37. The van der Waals surface area contributed by atoms with E-state index in [9.17, 15) is 0 Å². The van der Waals surface area contributed by atoms with E-state index in [4.69, 9.17) is 10.5 Å². The molecule has 0 atom stereocenters. The monoisotopic (exact) mass is 232 g/mol. The van der Waals surface area contributed by atoms with E-state index in [1.165, 1.54) is 0 Å². The van der Waals surface area contributed by atoms with Gasteiger partial charge in [-0.1, -0.05) is 6.92 Å². The van der Waals surface area contributed by atoms with Crippen LogP contribution in [0, 0.1) is 0 Å². The maximum atomic E-state index is 5.72. The normalized spacial score (nSPS) is 10.5. The lowest BCUT2D eigenvalue weighted by Crippen LogP contribution is -1.99. The minimum atomic E-state index is 0.409. The molecule has 0 amide bonds. The highest BCUT2D eigenvalue weighted by Crippen LogP contribution is 2.23. The molecule has 0 unspecified atom stereocenters. The molecule has 2 heterocycles. The molecule has 17 heavy (non-hydrogen) atoms. The lowest BCUT2D eigenvalue weighted by Gasteiger charge is -2.06. The van der Waals surface area contributed by atoms with Crippen LogP contribution in [-0.4, -0.2) is 14.8 Å². The van der Waals surface area contributed by atoms with Gasteiger partial charge in [0.15, 0.2) is 5.75 Å². The lowest BCUT2D eigenvalue weighted by atomic mass is 10.2. The number of ether oxygens (including phenoxy) is 1. The van der Waals surface area contributed by atoms with Crippen molar-refractivity contribution in [3.63, 3.8) is 0 Å². The molecule has 90 valence electrons. The van der Waals surface area contributed by atoms with Crippen LogP contribution in [0.4, 0.5) is 0 Å². The molecule has 0 aromatic carbocycles. The molecule has 5 heteroatoms. The summed E-state index contributed by atoms with van der Waals surface area (Å²) in [5, 5.41) is 4.20. The Bertz CT molecular complexity index is 481. The molecule has 0 radical (unpaired) electrons. The van der Waals surface area contributed by atoms with Crippen LogP contribution in [0.1, 0.15) is 18.9 Å². The highest BCUT2D eigenvalue weighted by molar-refractivity contribution is 5.34. The van der Waals surface area contributed by atoms with Gasteiger partial charge >= 0.3 is 0 Å². The van der Waals surface area contributed by atoms with Crippen LogP contribution in [0.25, 0.3) is 0 Å². The summed E-state index contributed by atoms with van der Waals surface area (Å²) in [6.45, 7) is 3.41. The van der Waals surface area contributed by atoms with E-state index in [1.54, 1.807) is 24.7 Å². The minimum absolute atomic E-state index is 0.409. The molecule has 2 aromatic rings. The number of hydrogen-bond acceptors (Lipinski definition) is 4. The highest BCUT2D eigenvalue weighted by atomic mass is 16.5. The standard InChI is InChI=1S/C12H16N4O/c1-2-5-16-9-11(8-15-16)17-12-3-4-14-7-10(12)6-13/h3-4,7-9H,2,5-6,13H2,1H3. The van der Waals surface area contributed by atoms with Gasteiger partial charge in [-0.25, -0.2) is 0 Å². The van der Waals surface area contributed by atoms with Crippen molar-refractivity contribution in [3.05, 3.63) is 36.4 Å². The molecule has 0 saturated carbocycles. The fraction of sp³-hybridized carbons (Fsp3) is 0.333. The van der Waals surface area contributed by atoms with Crippen molar-refractivity contribution in [1.29, 1.82) is 0 Å². The average molecular weight is 232 g/mol. The minimum Gasteiger partial charge on any atom is -0.454 e. The van der Waals surface area contributed by atoms with Crippen LogP contribution in [0.3, 0.4) is 0 Å². The second kappa shape index (κ2) is 5.45. The number of aryl methyl sites for hydroxylation is 1. The number of nitrogens with zero attached hydrogens (tertiary/aromatic N) is 3. The van der Waals surface area contributed by atoms with Gasteiger partial charge in [-0.3, -0.25) is 9.67 Å². The SMILES string of the molecule is CCCn1cc(Oc2ccncc2CN)cn1. The van der Waals surface area contributed by atoms with Gasteiger partial charge in [0.25, 0.3) is 0 Å². The van der Waals surface area contributed by atoms with Crippen molar-refractivity contribution >= 4 is 0 Å². The molecule has 0 spiro atoms. The van der Waals surface area contributed by atoms with E-state index in [2.05, 4.69) is 17.0 Å². The fourth-order valence-electron chi connectivity index (χ4n) is 1.54. The van der Waals surface area contributed by atoms with Crippen LogP contribution in [0.2, 0.25) is 0 Å². The topological polar surface area (TPSA) is 66.0 Å². The predicted molar refractivity (Wildman–Crippen MR) is 64.7 cm³/mol. The molecule has 5 nitrogen and oxygen atoms in total. The van der Waals surface area contributed by atoms with Crippen molar-refractivity contribution in [3.8, 4) is 11.5 Å². The summed E-state index contributed by atoms with van der Waals surface area (Å²) in [6.07, 6.45) is 8.03. The zero-order valence-corrected chi connectivity index (χ0v) is 9.84. The molecular weight excluding hydrogens is 216 g/mol. The summed E-state index contributed by atoms with van der Waals surface area (Å²) in [5.74, 6) is 1.46. The largest absolute Gasteiger partial charge is 0.454 e. The molecule has 2 N–H and O–H groups in total. The van der Waals surface area contributed by atoms with Gasteiger partial charge in [-0.2, -0.15) is 5.10 Å². The van der Waals surface area contributed by atoms with Gasteiger partial charge in [0.1, 0.15) is 5.75 Å². The van der Waals surface area contributed by atoms with Crippen molar-refractivity contribution in [2.24, 2.45) is 5.73 Å².